The zero-order chi connectivity index (χ0) is 11.9. The number of aromatic nitrogens is 3. The van der Waals surface area contributed by atoms with Crippen LogP contribution in [0.5, 0.6) is 0 Å². The third-order valence-corrected chi connectivity index (χ3v) is 2.67. The summed E-state index contributed by atoms with van der Waals surface area (Å²) >= 11 is 8.00. The molecule has 0 amide bonds. The van der Waals surface area contributed by atoms with Crippen LogP contribution in [0.25, 0.3) is 11.2 Å². The number of nitrogens with zero attached hydrogens (tertiary/aromatic N) is 2. The molecular formula is C8H5BrF3N3S. The summed E-state index contributed by atoms with van der Waals surface area (Å²) in [7, 11) is 0. The number of fused-ring (bicyclic) bond motifs is 1. The van der Waals surface area contributed by atoms with Gasteiger partial charge in [-0.15, -0.1) is 0 Å². The zero-order valence-electron chi connectivity index (χ0n) is 7.68. The summed E-state index contributed by atoms with van der Waals surface area (Å²) in [4.78, 5) is 6.58. The van der Waals surface area contributed by atoms with Gasteiger partial charge in [0.2, 0.25) is 0 Å². The van der Waals surface area contributed by atoms with Gasteiger partial charge in [0.15, 0.2) is 10.4 Å². The average molecular weight is 312 g/mol. The molecule has 0 aliphatic carbocycles. The van der Waals surface area contributed by atoms with Crippen LogP contribution in [-0.4, -0.2) is 20.7 Å². The van der Waals surface area contributed by atoms with E-state index in [9.17, 15) is 13.2 Å². The Bertz CT molecular complexity index is 586. The fourth-order valence-corrected chi connectivity index (χ4v) is 1.94. The van der Waals surface area contributed by atoms with Crippen molar-refractivity contribution in [2.75, 3.05) is 0 Å². The van der Waals surface area contributed by atoms with Crippen LogP contribution < -0.4 is 0 Å². The van der Waals surface area contributed by atoms with Crippen molar-refractivity contribution in [1.29, 1.82) is 0 Å². The molecule has 0 spiro atoms. The summed E-state index contributed by atoms with van der Waals surface area (Å²) < 4.78 is 38.5. The number of H-pyrrole nitrogens is 1. The topological polar surface area (TPSA) is 33.6 Å². The molecule has 0 unspecified atom stereocenters. The fourth-order valence-electron chi connectivity index (χ4n) is 1.34. The van der Waals surface area contributed by atoms with Gasteiger partial charge in [-0.2, -0.15) is 13.2 Å². The molecule has 0 aliphatic rings. The molecule has 0 aliphatic heterocycles. The molecule has 0 atom stereocenters. The van der Waals surface area contributed by atoms with Crippen LogP contribution in [0.4, 0.5) is 13.2 Å². The highest BCUT2D eigenvalue weighted by atomic mass is 79.9. The molecule has 1 N–H and O–H groups in total. The van der Waals surface area contributed by atoms with Gasteiger partial charge < -0.3 is 4.98 Å². The molecule has 0 saturated carbocycles. The van der Waals surface area contributed by atoms with Gasteiger partial charge in [0.25, 0.3) is 0 Å². The standard InChI is InChI=1S/C8H5BrF3N3S/c9-4-1-5-6(13-2-4)15(7(16)14-5)3-8(10,11)12/h1-2H,3H2,(H,14,16). The number of hydrogen-bond donors (Lipinski definition) is 1. The van der Waals surface area contributed by atoms with Crippen LogP contribution in [0.2, 0.25) is 0 Å². The normalized spacial score (nSPS) is 12.2. The molecule has 86 valence electrons. The van der Waals surface area contributed by atoms with Gasteiger partial charge in [-0.05, 0) is 34.2 Å². The molecule has 0 aromatic carbocycles. The van der Waals surface area contributed by atoms with E-state index in [1.165, 1.54) is 6.20 Å². The second kappa shape index (κ2) is 3.85. The van der Waals surface area contributed by atoms with Crippen molar-refractivity contribution in [3.05, 3.63) is 21.5 Å². The van der Waals surface area contributed by atoms with Gasteiger partial charge in [0.1, 0.15) is 6.54 Å². The van der Waals surface area contributed by atoms with E-state index in [1.807, 2.05) is 0 Å². The quantitative estimate of drug-likeness (QED) is 0.819. The SMILES string of the molecule is FC(F)(F)Cn1c(=S)[nH]c2cc(Br)cnc21. The smallest absolute Gasteiger partial charge is 0.329 e. The van der Waals surface area contributed by atoms with Crippen LogP contribution in [0.1, 0.15) is 0 Å². The third kappa shape index (κ3) is 2.27. The Morgan fingerprint density at radius 1 is 1.50 bits per heavy atom. The highest BCUT2D eigenvalue weighted by Crippen LogP contribution is 2.22. The van der Waals surface area contributed by atoms with Crippen LogP contribution in [-0.2, 0) is 6.54 Å². The molecule has 2 rings (SSSR count). The summed E-state index contributed by atoms with van der Waals surface area (Å²) in [6, 6.07) is 1.63. The van der Waals surface area contributed by atoms with Crippen molar-refractivity contribution in [2.24, 2.45) is 0 Å². The van der Waals surface area contributed by atoms with E-state index in [0.717, 1.165) is 4.57 Å². The summed E-state index contributed by atoms with van der Waals surface area (Å²) in [5, 5.41) is 0. The number of hydrogen-bond acceptors (Lipinski definition) is 2. The first-order valence-corrected chi connectivity index (χ1v) is 5.38. The van der Waals surface area contributed by atoms with Gasteiger partial charge in [0.05, 0.1) is 5.52 Å². The lowest BCUT2D eigenvalue weighted by molar-refractivity contribution is -0.140. The van der Waals surface area contributed by atoms with Crippen molar-refractivity contribution >= 4 is 39.3 Å². The first-order chi connectivity index (χ1) is 7.37. The number of alkyl halides is 3. The largest absolute Gasteiger partial charge is 0.406 e. The number of imidazole rings is 1. The molecule has 8 heteroatoms. The summed E-state index contributed by atoms with van der Waals surface area (Å²) in [5.41, 5.74) is 0.675. The lowest BCUT2D eigenvalue weighted by Crippen LogP contribution is -2.17. The highest BCUT2D eigenvalue weighted by Gasteiger charge is 2.29. The number of halogens is 4. The molecule has 2 heterocycles. The Labute approximate surface area is 101 Å². The Hall–Kier alpha value is -0.890. The van der Waals surface area contributed by atoms with E-state index in [0.29, 0.717) is 9.99 Å². The van der Waals surface area contributed by atoms with Gasteiger partial charge in [0, 0.05) is 10.7 Å². The van der Waals surface area contributed by atoms with Gasteiger partial charge in [-0.1, -0.05) is 0 Å². The highest BCUT2D eigenvalue weighted by molar-refractivity contribution is 9.10. The van der Waals surface area contributed by atoms with E-state index in [2.05, 4.69) is 25.9 Å². The first kappa shape index (κ1) is 11.6. The van der Waals surface area contributed by atoms with Crippen LogP contribution in [0, 0.1) is 4.77 Å². The first-order valence-electron chi connectivity index (χ1n) is 4.17. The number of pyridine rings is 1. The van der Waals surface area contributed by atoms with E-state index in [-0.39, 0.29) is 10.4 Å². The molecule has 3 nitrogen and oxygen atoms in total. The minimum absolute atomic E-state index is 0.0120. The van der Waals surface area contributed by atoms with E-state index in [4.69, 9.17) is 12.2 Å². The zero-order valence-corrected chi connectivity index (χ0v) is 10.1. The molecular weight excluding hydrogens is 307 g/mol. The van der Waals surface area contributed by atoms with Crippen molar-refractivity contribution < 1.29 is 13.2 Å². The second-order valence-corrected chi connectivity index (χ2v) is 4.46. The average Bonchev–Trinajstić information content (AvgIpc) is 2.40. The van der Waals surface area contributed by atoms with E-state index >= 15 is 0 Å². The van der Waals surface area contributed by atoms with E-state index < -0.39 is 12.7 Å². The van der Waals surface area contributed by atoms with Crippen molar-refractivity contribution in [1.82, 2.24) is 14.5 Å². The number of nitrogens with one attached hydrogen (secondary N) is 1. The maximum atomic E-state index is 12.3. The monoisotopic (exact) mass is 311 g/mol. The molecule has 2 aromatic heterocycles. The molecule has 2 aromatic rings. The summed E-state index contributed by atoms with van der Waals surface area (Å²) in [5.74, 6) is 0. The Morgan fingerprint density at radius 2 is 2.19 bits per heavy atom. The maximum Gasteiger partial charge on any atom is 0.406 e. The van der Waals surface area contributed by atoms with Crippen molar-refractivity contribution in [3.63, 3.8) is 0 Å². The summed E-state index contributed by atoms with van der Waals surface area (Å²) in [6.45, 7) is -1.14. The van der Waals surface area contributed by atoms with Gasteiger partial charge >= 0.3 is 6.18 Å². The predicted molar refractivity (Wildman–Crippen MR) is 58.7 cm³/mol. The minimum atomic E-state index is -4.32. The van der Waals surface area contributed by atoms with Crippen LogP contribution >= 0.6 is 28.1 Å². The Kier molecular flexibility index (Phi) is 2.79. The van der Waals surface area contributed by atoms with Gasteiger partial charge in [-0.3, -0.25) is 4.57 Å². The van der Waals surface area contributed by atoms with Crippen molar-refractivity contribution in [2.45, 2.75) is 12.7 Å². The number of rotatable bonds is 1. The minimum Gasteiger partial charge on any atom is -0.329 e. The second-order valence-electron chi connectivity index (χ2n) is 3.16. The summed E-state index contributed by atoms with van der Waals surface area (Å²) in [6.07, 6.45) is -2.89. The lowest BCUT2D eigenvalue weighted by atomic mass is 10.4. The third-order valence-electron chi connectivity index (χ3n) is 1.91. The number of aromatic amines is 1. The molecule has 16 heavy (non-hydrogen) atoms. The van der Waals surface area contributed by atoms with E-state index in [1.54, 1.807) is 6.07 Å². The molecule has 0 saturated heterocycles. The van der Waals surface area contributed by atoms with Crippen LogP contribution in [0.15, 0.2) is 16.7 Å². The molecule has 0 fully saturated rings. The molecule has 0 radical (unpaired) electrons. The lowest BCUT2D eigenvalue weighted by Gasteiger charge is -2.07. The van der Waals surface area contributed by atoms with Crippen LogP contribution in [0.3, 0.4) is 0 Å². The Balaban J connectivity index is 2.61. The Morgan fingerprint density at radius 3 is 2.81 bits per heavy atom. The predicted octanol–water partition coefficient (Wildman–Crippen LogP) is 3.42. The molecule has 0 bridgehead atoms. The van der Waals surface area contributed by atoms with Gasteiger partial charge in [-0.25, -0.2) is 4.98 Å². The fraction of sp³-hybridized carbons (Fsp3) is 0.250. The van der Waals surface area contributed by atoms with Crippen molar-refractivity contribution in [3.8, 4) is 0 Å². The maximum absolute atomic E-state index is 12.3.